The van der Waals surface area contributed by atoms with Crippen LogP contribution in [-0.2, 0) is 11.8 Å². The highest BCUT2D eigenvalue weighted by atomic mass is 19.4. The molecule has 2 rings (SSSR count). The fourth-order valence-electron chi connectivity index (χ4n) is 2.40. The van der Waals surface area contributed by atoms with Crippen LogP contribution in [0, 0.1) is 6.92 Å². The summed E-state index contributed by atoms with van der Waals surface area (Å²) in [5.41, 5.74) is 4.73. The van der Waals surface area contributed by atoms with E-state index in [1.807, 2.05) is 0 Å². The highest BCUT2D eigenvalue weighted by Crippen LogP contribution is 2.35. The van der Waals surface area contributed by atoms with Crippen molar-refractivity contribution in [3.8, 4) is 0 Å². The molecule has 5 heteroatoms. The quantitative estimate of drug-likeness (QED) is 0.913. The van der Waals surface area contributed by atoms with Gasteiger partial charge in [0.15, 0.2) is 0 Å². The molecule has 0 fully saturated rings. The molecule has 0 saturated carbocycles. The number of hydrogen-bond acceptors (Lipinski definition) is 2. The van der Waals surface area contributed by atoms with Crippen molar-refractivity contribution in [3.63, 3.8) is 0 Å². The Morgan fingerprint density at radius 3 is 2.10 bits per heavy atom. The lowest BCUT2D eigenvalue weighted by atomic mass is 9.83. The van der Waals surface area contributed by atoms with E-state index in [9.17, 15) is 18.3 Å². The van der Waals surface area contributed by atoms with E-state index in [0.717, 1.165) is 12.1 Å². The molecule has 3 N–H and O–H groups in total. The number of aliphatic hydroxyl groups is 1. The van der Waals surface area contributed by atoms with E-state index in [1.165, 1.54) is 13.0 Å². The first-order valence-electron chi connectivity index (χ1n) is 6.45. The molecule has 21 heavy (non-hydrogen) atoms. The van der Waals surface area contributed by atoms with Crippen LogP contribution < -0.4 is 5.73 Å². The van der Waals surface area contributed by atoms with Crippen molar-refractivity contribution in [2.24, 2.45) is 5.73 Å². The summed E-state index contributed by atoms with van der Waals surface area (Å²) in [7, 11) is 0. The van der Waals surface area contributed by atoms with Crippen molar-refractivity contribution in [3.05, 3.63) is 70.8 Å². The fourth-order valence-corrected chi connectivity index (χ4v) is 2.40. The first-order chi connectivity index (χ1) is 9.79. The van der Waals surface area contributed by atoms with E-state index in [2.05, 4.69) is 0 Å². The Bertz CT molecular complexity index is 625. The molecule has 0 saturated heterocycles. The van der Waals surface area contributed by atoms with Crippen molar-refractivity contribution < 1.29 is 18.3 Å². The zero-order valence-corrected chi connectivity index (χ0v) is 11.5. The zero-order chi connectivity index (χ0) is 15.7. The van der Waals surface area contributed by atoms with Crippen molar-refractivity contribution in [1.82, 2.24) is 0 Å². The molecule has 1 atom stereocenters. The van der Waals surface area contributed by atoms with Gasteiger partial charge in [0.25, 0.3) is 0 Å². The van der Waals surface area contributed by atoms with E-state index in [-0.39, 0.29) is 6.54 Å². The number of aryl methyl sites for hydroxylation is 1. The van der Waals surface area contributed by atoms with Gasteiger partial charge >= 0.3 is 6.18 Å². The second-order valence-electron chi connectivity index (χ2n) is 4.96. The van der Waals surface area contributed by atoms with Crippen LogP contribution in [0.15, 0.2) is 48.5 Å². The van der Waals surface area contributed by atoms with Crippen molar-refractivity contribution in [2.75, 3.05) is 6.54 Å². The Morgan fingerprint density at radius 2 is 1.62 bits per heavy atom. The Balaban J connectivity index is 2.54. The summed E-state index contributed by atoms with van der Waals surface area (Å²) in [4.78, 5) is 0. The summed E-state index contributed by atoms with van der Waals surface area (Å²) in [6.45, 7) is 1.41. The first-order valence-corrected chi connectivity index (χ1v) is 6.45. The summed E-state index contributed by atoms with van der Waals surface area (Å²) >= 11 is 0. The van der Waals surface area contributed by atoms with Crippen LogP contribution in [0.3, 0.4) is 0 Å². The lowest BCUT2D eigenvalue weighted by Gasteiger charge is -2.29. The van der Waals surface area contributed by atoms with Gasteiger partial charge in [0.05, 0.1) is 5.56 Å². The minimum atomic E-state index is -4.41. The molecule has 0 aromatic heterocycles. The van der Waals surface area contributed by atoms with Crippen LogP contribution in [0.5, 0.6) is 0 Å². The normalized spacial score (nSPS) is 14.8. The minimum Gasteiger partial charge on any atom is -0.379 e. The van der Waals surface area contributed by atoms with Gasteiger partial charge in [-0.1, -0.05) is 36.4 Å². The number of alkyl halides is 3. The lowest BCUT2D eigenvalue weighted by molar-refractivity contribution is -0.137. The summed E-state index contributed by atoms with van der Waals surface area (Å²) in [6, 6.07) is 12.0. The van der Waals surface area contributed by atoms with Crippen molar-refractivity contribution >= 4 is 0 Å². The predicted molar refractivity (Wildman–Crippen MR) is 74.7 cm³/mol. The van der Waals surface area contributed by atoms with E-state index < -0.39 is 17.3 Å². The number of nitrogens with two attached hydrogens (primary N) is 1. The maximum absolute atomic E-state index is 12.7. The lowest BCUT2D eigenvalue weighted by Crippen LogP contribution is -2.36. The van der Waals surface area contributed by atoms with Gasteiger partial charge in [-0.15, -0.1) is 0 Å². The molecule has 0 spiro atoms. The number of benzene rings is 2. The van der Waals surface area contributed by atoms with Gasteiger partial charge in [0.1, 0.15) is 5.60 Å². The molecule has 2 aromatic carbocycles. The van der Waals surface area contributed by atoms with Crippen LogP contribution >= 0.6 is 0 Å². The van der Waals surface area contributed by atoms with Crippen LogP contribution in [0.2, 0.25) is 0 Å². The SMILES string of the molecule is Cc1cc(C(F)(F)F)ccc1C(O)(CN)c1ccccc1. The van der Waals surface area contributed by atoms with Gasteiger partial charge < -0.3 is 10.8 Å². The molecule has 1 unspecified atom stereocenters. The van der Waals surface area contributed by atoms with Crippen LogP contribution in [-0.4, -0.2) is 11.7 Å². The molecule has 0 amide bonds. The maximum Gasteiger partial charge on any atom is 0.416 e. The van der Waals surface area contributed by atoms with E-state index >= 15 is 0 Å². The molecule has 0 heterocycles. The first kappa shape index (κ1) is 15.5. The predicted octanol–water partition coefficient (Wildman–Crippen LogP) is 3.21. The molecular formula is C16H16F3NO. The van der Waals surface area contributed by atoms with Gasteiger partial charge in [-0.05, 0) is 35.7 Å². The summed E-state index contributed by atoms with van der Waals surface area (Å²) in [5.74, 6) is 0. The van der Waals surface area contributed by atoms with Gasteiger partial charge in [-0.2, -0.15) is 13.2 Å². The maximum atomic E-state index is 12.7. The molecule has 0 radical (unpaired) electrons. The topological polar surface area (TPSA) is 46.2 Å². The van der Waals surface area contributed by atoms with E-state index in [4.69, 9.17) is 5.73 Å². The molecule has 0 bridgehead atoms. The molecular weight excluding hydrogens is 279 g/mol. The van der Waals surface area contributed by atoms with Gasteiger partial charge in [0, 0.05) is 6.54 Å². The van der Waals surface area contributed by atoms with Gasteiger partial charge in [-0.3, -0.25) is 0 Å². The highest BCUT2D eigenvalue weighted by molar-refractivity contribution is 5.43. The largest absolute Gasteiger partial charge is 0.416 e. The third kappa shape index (κ3) is 2.94. The second kappa shape index (κ2) is 5.50. The van der Waals surface area contributed by atoms with E-state index in [0.29, 0.717) is 16.7 Å². The van der Waals surface area contributed by atoms with Crippen molar-refractivity contribution in [1.29, 1.82) is 0 Å². The van der Waals surface area contributed by atoms with Crippen molar-refractivity contribution in [2.45, 2.75) is 18.7 Å². The molecule has 0 aliphatic carbocycles. The summed E-state index contributed by atoms with van der Waals surface area (Å²) in [5, 5.41) is 10.8. The standard InChI is InChI=1S/C16H16F3NO/c1-11-9-13(16(17,18)19)7-8-14(11)15(21,10-20)12-5-3-2-4-6-12/h2-9,21H,10,20H2,1H3. The summed E-state index contributed by atoms with van der Waals surface area (Å²) < 4.78 is 38.1. The van der Waals surface area contributed by atoms with Gasteiger partial charge in [0.2, 0.25) is 0 Å². The Hall–Kier alpha value is -1.85. The Labute approximate surface area is 121 Å². The number of halogens is 3. The Kier molecular flexibility index (Phi) is 4.07. The molecule has 0 aliphatic heterocycles. The fraction of sp³-hybridized carbons (Fsp3) is 0.250. The molecule has 0 aliphatic rings. The zero-order valence-electron chi connectivity index (χ0n) is 11.5. The molecule has 2 aromatic rings. The summed E-state index contributed by atoms with van der Waals surface area (Å²) in [6.07, 6.45) is -4.41. The van der Waals surface area contributed by atoms with Crippen LogP contribution in [0.1, 0.15) is 22.3 Å². The molecule has 2 nitrogen and oxygen atoms in total. The molecule has 112 valence electrons. The van der Waals surface area contributed by atoms with Crippen LogP contribution in [0.4, 0.5) is 13.2 Å². The van der Waals surface area contributed by atoms with Crippen LogP contribution in [0.25, 0.3) is 0 Å². The Morgan fingerprint density at radius 1 is 1.00 bits per heavy atom. The highest BCUT2D eigenvalue weighted by Gasteiger charge is 2.35. The van der Waals surface area contributed by atoms with Gasteiger partial charge in [-0.25, -0.2) is 0 Å². The monoisotopic (exact) mass is 295 g/mol. The second-order valence-corrected chi connectivity index (χ2v) is 4.96. The van der Waals surface area contributed by atoms with E-state index in [1.54, 1.807) is 30.3 Å². The average molecular weight is 295 g/mol. The third-order valence-electron chi connectivity index (χ3n) is 3.55. The third-order valence-corrected chi connectivity index (χ3v) is 3.55. The number of hydrogen-bond donors (Lipinski definition) is 2. The average Bonchev–Trinajstić information content (AvgIpc) is 2.46. The number of rotatable bonds is 3. The minimum absolute atomic E-state index is 0.122. The smallest absolute Gasteiger partial charge is 0.379 e.